The molecule has 0 spiro atoms. The van der Waals surface area contributed by atoms with Crippen LogP contribution in [0.15, 0.2) is 54.7 Å². The van der Waals surface area contributed by atoms with Crippen molar-refractivity contribution in [1.82, 2.24) is 9.78 Å². The Labute approximate surface area is 216 Å². The molecule has 190 valence electrons. The van der Waals surface area contributed by atoms with E-state index in [-0.39, 0.29) is 29.2 Å². The molecular formula is C28H32ClN3O4. The molecular weight excluding hydrogens is 478 g/mol. The number of amides is 1. The van der Waals surface area contributed by atoms with E-state index < -0.39 is 5.97 Å². The van der Waals surface area contributed by atoms with Crippen LogP contribution in [0.25, 0.3) is 5.69 Å². The molecule has 0 bridgehead atoms. The second-order valence-electron chi connectivity index (χ2n) is 9.76. The molecule has 0 radical (unpaired) electrons. The van der Waals surface area contributed by atoms with E-state index in [0.717, 1.165) is 31.2 Å². The highest BCUT2D eigenvalue weighted by Crippen LogP contribution is 2.33. The van der Waals surface area contributed by atoms with Crippen molar-refractivity contribution in [2.24, 2.45) is 11.8 Å². The molecule has 2 aromatic carbocycles. The van der Waals surface area contributed by atoms with Gasteiger partial charge >= 0.3 is 5.97 Å². The highest BCUT2D eigenvalue weighted by molar-refractivity contribution is 6.32. The first-order valence-electron chi connectivity index (χ1n) is 12.4. The van der Waals surface area contributed by atoms with Crippen LogP contribution in [0.5, 0.6) is 5.75 Å². The number of halogens is 1. The summed E-state index contributed by atoms with van der Waals surface area (Å²) in [6.45, 7) is 6.34. The van der Waals surface area contributed by atoms with Gasteiger partial charge in [0.25, 0.3) is 0 Å². The predicted octanol–water partition coefficient (Wildman–Crippen LogP) is 6.37. The van der Waals surface area contributed by atoms with Gasteiger partial charge in [0.2, 0.25) is 5.91 Å². The molecule has 0 atom stereocenters. The minimum atomic E-state index is -1.14. The van der Waals surface area contributed by atoms with Gasteiger partial charge in [-0.2, -0.15) is 0 Å². The minimum Gasteiger partial charge on any atom is -0.487 e. The summed E-state index contributed by atoms with van der Waals surface area (Å²) in [5.74, 6) is -0.0406. The van der Waals surface area contributed by atoms with E-state index in [1.807, 2.05) is 44.2 Å². The Kier molecular flexibility index (Phi) is 7.99. The van der Waals surface area contributed by atoms with E-state index in [0.29, 0.717) is 29.0 Å². The molecule has 0 saturated heterocycles. The number of ether oxygens (including phenoxy) is 1. The number of aromatic carboxylic acids is 1. The van der Waals surface area contributed by atoms with E-state index in [1.165, 1.54) is 10.9 Å². The molecule has 1 aliphatic rings. The van der Waals surface area contributed by atoms with Crippen LogP contribution < -0.4 is 9.64 Å². The van der Waals surface area contributed by atoms with Crippen molar-refractivity contribution in [3.63, 3.8) is 0 Å². The second kappa shape index (κ2) is 11.2. The lowest BCUT2D eigenvalue weighted by Gasteiger charge is -2.32. The van der Waals surface area contributed by atoms with Crippen LogP contribution in [-0.2, 0) is 11.4 Å². The average Bonchev–Trinajstić information content (AvgIpc) is 3.29. The molecule has 1 amide bonds. The normalized spacial score (nSPS) is 17.7. The van der Waals surface area contributed by atoms with E-state index in [2.05, 4.69) is 12.0 Å². The molecule has 3 aromatic rings. The summed E-state index contributed by atoms with van der Waals surface area (Å²) < 4.78 is 7.30. The summed E-state index contributed by atoms with van der Waals surface area (Å²) in [6, 6.07) is 14.7. The molecule has 8 heteroatoms. The SMILES string of the molecule is CC1CCC(C(=O)N(c2nn(-c3ccc(OCc4ccccc4)c(Cl)c3)cc2C(=O)O)C(C)C)CC1. The Hall–Kier alpha value is -3.32. The maximum atomic E-state index is 13.5. The van der Waals surface area contributed by atoms with Crippen LogP contribution in [0.3, 0.4) is 0 Å². The van der Waals surface area contributed by atoms with Crippen molar-refractivity contribution in [1.29, 1.82) is 0 Å². The summed E-state index contributed by atoms with van der Waals surface area (Å²) in [5.41, 5.74) is 1.57. The van der Waals surface area contributed by atoms with Crippen molar-refractivity contribution in [2.75, 3.05) is 4.90 Å². The number of nitrogens with zero attached hydrogens (tertiary/aromatic N) is 3. The van der Waals surface area contributed by atoms with E-state index in [4.69, 9.17) is 16.3 Å². The topological polar surface area (TPSA) is 84.7 Å². The lowest BCUT2D eigenvalue weighted by molar-refractivity contribution is -0.124. The first kappa shape index (κ1) is 25.8. The van der Waals surface area contributed by atoms with Gasteiger partial charge in [-0.1, -0.05) is 48.9 Å². The Morgan fingerprint density at radius 3 is 2.44 bits per heavy atom. The Balaban J connectivity index is 1.60. The van der Waals surface area contributed by atoms with Gasteiger partial charge in [-0.25, -0.2) is 9.48 Å². The Morgan fingerprint density at radius 1 is 1.14 bits per heavy atom. The van der Waals surface area contributed by atoms with Crippen LogP contribution in [-0.4, -0.2) is 32.8 Å². The lowest BCUT2D eigenvalue weighted by Crippen LogP contribution is -2.43. The van der Waals surface area contributed by atoms with Crippen molar-refractivity contribution < 1.29 is 19.4 Å². The third-order valence-electron chi connectivity index (χ3n) is 6.69. The third-order valence-corrected chi connectivity index (χ3v) is 6.98. The molecule has 36 heavy (non-hydrogen) atoms. The van der Waals surface area contributed by atoms with Crippen LogP contribution >= 0.6 is 11.6 Å². The van der Waals surface area contributed by atoms with Gasteiger partial charge in [0, 0.05) is 18.2 Å². The van der Waals surface area contributed by atoms with Gasteiger partial charge < -0.3 is 9.84 Å². The highest BCUT2D eigenvalue weighted by atomic mass is 35.5. The Bertz CT molecular complexity index is 1220. The first-order chi connectivity index (χ1) is 17.2. The van der Waals surface area contributed by atoms with Gasteiger partial charge in [-0.15, -0.1) is 5.10 Å². The summed E-state index contributed by atoms with van der Waals surface area (Å²) in [7, 11) is 0. The van der Waals surface area contributed by atoms with Gasteiger partial charge in [-0.05, 0) is 69.2 Å². The van der Waals surface area contributed by atoms with Gasteiger partial charge in [0.05, 0.1) is 10.7 Å². The Morgan fingerprint density at radius 2 is 1.83 bits per heavy atom. The number of rotatable bonds is 8. The quantitative estimate of drug-likeness (QED) is 0.381. The van der Waals surface area contributed by atoms with E-state index in [1.54, 1.807) is 23.1 Å². The lowest BCUT2D eigenvalue weighted by atomic mass is 9.82. The fourth-order valence-electron chi connectivity index (χ4n) is 4.62. The summed E-state index contributed by atoms with van der Waals surface area (Å²) in [6.07, 6.45) is 5.05. The molecule has 0 aliphatic heterocycles. The van der Waals surface area contributed by atoms with Crippen LogP contribution in [0, 0.1) is 11.8 Å². The number of carbonyl (C=O) groups is 2. The highest BCUT2D eigenvalue weighted by Gasteiger charge is 2.34. The molecule has 1 heterocycles. The second-order valence-corrected chi connectivity index (χ2v) is 10.2. The monoisotopic (exact) mass is 509 g/mol. The van der Waals surface area contributed by atoms with Crippen LogP contribution in [0.1, 0.15) is 62.4 Å². The minimum absolute atomic E-state index is 0.0262. The van der Waals surface area contributed by atoms with Gasteiger partial charge in [0.1, 0.15) is 17.9 Å². The molecule has 1 fully saturated rings. The molecule has 1 aromatic heterocycles. The number of hydrogen-bond donors (Lipinski definition) is 1. The summed E-state index contributed by atoms with van der Waals surface area (Å²) >= 11 is 6.48. The zero-order chi connectivity index (χ0) is 25.8. The number of aromatic nitrogens is 2. The van der Waals surface area contributed by atoms with Crippen LogP contribution in [0.2, 0.25) is 5.02 Å². The number of carboxylic acids is 1. The molecule has 0 unspecified atom stereocenters. The van der Waals surface area contributed by atoms with Crippen molar-refractivity contribution in [3.8, 4) is 11.4 Å². The van der Waals surface area contributed by atoms with Crippen molar-refractivity contribution in [3.05, 3.63) is 70.9 Å². The van der Waals surface area contributed by atoms with E-state index in [9.17, 15) is 14.7 Å². The smallest absolute Gasteiger partial charge is 0.341 e. The standard InChI is InChI=1S/C28H32ClN3O4/c1-18(2)32(27(33)21-11-9-19(3)10-12-21)26-23(28(34)35)16-31(30-26)22-13-14-25(24(29)15-22)36-17-20-7-5-4-6-8-20/h4-8,13-16,18-19,21H,9-12,17H2,1-3H3,(H,34,35). The van der Waals surface area contributed by atoms with Crippen LogP contribution in [0.4, 0.5) is 5.82 Å². The van der Waals surface area contributed by atoms with Gasteiger partial charge in [-0.3, -0.25) is 9.69 Å². The third kappa shape index (κ3) is 5.73. The van der Waals surface area contributed by atoms with Crippen molar-refractivity contribution in [2.45, 2.75) is 59.1 Å². The average molecular weight is 510 g/mol. The maximum Gasteiger partial charge on any atom is 0.341 e. The summed E-state index contributed by atoms with van der Waals surface area (Å²) in [4.78, 5) is 27.2. The first-order valence-corrected chi connectivity index (χ1v) is 12.7. The predicted molar refractivity (Wildman–Crippen MR) is 140 cm³/mol. The number of hydrogen-bond acceptors (Lipinski definition) is 4. The zero-order valence-corrected chi connectivity index (χ0v) is 21.6. The summed E-state index contributed by atoms with van der Waals surface area (Å²) in [5, 5.41) is 14.9. The maximum absolute atomic E-state index is 13.5. The number of benzene rings is 2. The van der Waals surface area contributed by atoms with Gasteiger partial charge in [0.15, 0.2) is 5.82 Å². The zero-order valence-electron chi connectivity index (χ0n) is 20.9. The number of carbonyl (C=O) groups excluding carboxylic acids is 1. The largest absolute Gasteiger partial charge is 0.487 e. The number of carboxylic acid groups (broad SMARTS) is 1. The fraction of sp³-hybridized carbons (Fsp3) is 0.393. The molecule has 1 aliphatic carbocycles. The van der Waals surface area contributed by atoms with Crippen molar-refractivity contribution >= 4 is 29.3 Å². The molecule has 7 nitrogen and oxygen atoms in total. The number of anilines is 1. The molecule has 1 saturated carbocycles. The molecule has 1 N–H and O–H groups in total. The molecule has 4 rings (SSSR count). The fourth-order valence-corrected chi connectivity index (χ4v) is 4.85. The van der Waals surface area contributed by atoms with E-state index >= 15 is 0 Å².